The van der Waals surface area contributed by atoms with E-state index in [1.165, 1.54) is 13.2 Å². The number of benzene rings is 1. The van der Waals surface area contributed by atoms with Crippen LogP contribution in [0.25, 0.3) is 0 Å². The molecule has 1 saturated heterocycles. The monoisotopic (exact) mass is 673 g/mol. The number of aliphatic hydroxyl groups excluding tert-OH is 2. The molecule has 3 atom stereocenters. The van der Waals surface area contributed by atoms with Gasteiger partial charge in [0.15, 0.2) is 11.5 Å². The van der Waals surface area contributed by atoms with Gasteiger partial charge in [-0.1, -0.05) is 13.8 Å². The molecular formula is C28H40IN3O8. The van der Waals surface area contributed by atoms with Crippen molar-refractivity contribution < 1.29 is 38.8 Å². The summed E-state index contributed by atoms with van der Waals surface area (Å²) >= 11 is 2.03. The minimum absolute atomic E-state index is 0.0703. The van der Waals surface area contributed by atoms with Gasteiger partial charge in [-0.2, -0.15) is 0 Å². The number of carbonyl (C=O) groups is 3. The van der Waals surface area contributed by atoms with Crippen LogP contribution in [0.5, 0.6) is 11.5 Å². The fourth-order valence-electron chi connectivity index (χ4n) is 4.85. The molecule has 0 unspecified atom stereocenters. The number of carbonyl (C=O) groups excluding carboxylic acids is 3. The third-order valence-electron chi connectivity index (χ3n) is 6.92. The third kappa shape index (κ3) is 8.62. The van der Waals surface area contributed by atoms with E-state index in [-0.39, 0.29) is 31.4 Å². The van der Waals surface area contributed by atoms with Gasteiger partial charge in [-0.25, -0.2) is 0 Å². The van der Waals surface area contributed by atoms with E-state index < -0.39 is 24.2 Å². The number of hydrogen-bond acceptors (Lipinski definition) is 9. The Morgan fingerprint density at radius 2 is 2.02 bits per heavy atom. The fraction of sp³-hybridized carbons (Fsp3) is 0.607. The van der Waals surface area contributed by atoms with E-state index in [0.717, 1.165) is 13.1 Å². The third-order valence-corrected chi connectivity index (χ3v) is 7.72. The van der Waals surface area contributed by atoms with Gasteiger partial charge in [-0.3, -0.25) is 19.3 Å². The number of aliphatic hydroxyl groups is 2. The van der Waals surface area contributed by atoms with Crippen LogP contribution in [0.15, 0.2) is 23.8 Å². The van der Waals surface area contributed by atoms with Gasteiger partial charge in [0, 0.05) is 56.7 Å². The Kier molecular flexibility index (Phi) is 12.6. The Bertz CT molecular complexity index is 1060. The lowest BCUT2D eigenvalue weighted by Crippen LogP contribution is -2.57. The molecule has 1 aromatic carbocycles. The van der Waals surface area contributed by atoms with E-state index in [9.17, 15) is 24.6 Å². The van der Waals surface area contributed by atoms with Crippen molar-refractivity contribution in [1.82, 2.24) is 15.1 Å². The fourth-order valence-corrected chi connectivity index (χ4v) is 5.61. The van der Waals surface area contributed by atoms with Crippen molar-refractivity contribution >= 4 is 40.7 Å². The van der Waals surface area contributed by atoms with Gasteiger partial charge < -0.3 is 34.6 Å². The summed E-state index contributed by atoms with van der Waals surface area (Å²) in [7, 11) is 1.45. The second-order valence-electron chi connectivity index (χ2n) is 10.3. The van der Waals surface area contributed by atoms with Crippen molar-refractivity contribution in [1.29, 1.82) is 0 Å². The number of methoxy groups -OCH3 is 1. The van der Waals surface area contributed by atoms with Crippen LogP contribution in [0.3, 0.4) is 0 Å². The average molecular weight is 674 g/mol. The van der Waals surface area contributed by atoms with Crippen LogP contribution < -0.4 is 14.8 Å². The summed E-state index contributed by atoms with van der Waals surface area (Å²) in [6.45, 7) is 7.54. The number of nitrogens with zero attached hydrogens (tertiary/aromatic N) is 2. The highest BCUT2D eigenvalue weighted by molar-refractivity contribution is 14.1. The number of hydrogen-bond donors (Lipinski definition) is 3. The molecule has 1 fully saturated rings. The van der Waals surface area contributed by atoms with Crippen LogP contribution in [0, 0.1) is 9.49 Å². The first-order chi connectivity index (χ1) is 19.2. The quantitative estimate of drug-likeness (QED) is 0.209. The zero-order valence-corrected chi connectivity index (χ0v) is 25.5. The van der Waals surface area contributed by atoms with E-state index in [2.05, 4.69) is 10.2 Å². The SMILES string of the molecule is COc1cc(C=O)cc(I)c1O[C@H]1C=C(C(=O)NCCO)C[C@@H](N(CCN2CCOCC2)C(=O)CC(C)C)[C@@H]1O. The number of rotatable bonds is 13. The van der Waals surface area contributed by atoms with Crippen LogP contribution in [0.2, 0.25) is 0 Å². The molecule has 40 heavy (non-hydrogen) atoms. The summed E-state index contributed by atoms with van der Waals surface area (Å²) < 4.78 is 17.8. The smallest absolute Gasteiger partial charge is 0.247 e. The van der Waals surface area contributed by atoms with Crippen molar-refractivity contribution in [2.75, 3.05) is 59.7 Å². The summed E-state index contributed by atoms with van der Waals surface area (Å²) in [6, 6.07) is 2.45. The van der Waals surface area contributed by atoms with Crippen LogP contribution in [-0.2, 0) is 14.3 Å². The molecule has 1 aliphatic carbocycles. The van der Waals surface area contributed by atoms with Crippen molar-refractivity contribution in [3.63, 3.8) is 0 Å². The first kappa shape index (κ1) is 32.3. The van der Waals surface area contributed by atoms with Crippen LogP contribution in [0.1, 0.15) is 37.0 Å². The summed E-state index contributed by atoms with van der Waals surface area (Å²) in [4.78, 5) is 41.8. The lowest BCUT2D eigenvalue weighted by Gasteiger charge is -2.41. The first-order valence-corrected chi connectivity index (χ1v) is 14.6. The minimum atomic E-state index is -1.15. The number of aldehydes is 1. The minimum Gasteiger partial charge on any atom is -0.493 e. The average Bonchev–Trinajstić information content (AvgIpc) is 2.94. The zero-order valence-electron chi connectivity index (χ0n) is 23.3. The summed E-state index contributed by atoms with van der Waals surface area (Å²) in [5.74, 6) is 0.227. The van der Waals surface area contributed by atoms with Crippen molar-refractivity contribution in [3.8, 4) is 11.5 Å². The highest BCUT2D eigenvalue weighted by Crippen LogP contribution is 2.37. The predicted molar refractivity (Wildman–Crippen MR) is 157 cm³/mol. The molecule has 2 aliphatic rings. The highest BCUT2D eigenvalue weighted by atomic mass is 127. The molecule has 0 radical (unpaired) electrons. The second kappa shape index (κ2) is 15.7. The predicted octanol–water partition coefficient (Wildman–Crippen LogP) is 1.23. The second-order valence-corrected chi connectivity index (χ2v) is 11.5. The maximum absolute atomic E-state index is 13.5. The number of halogens is 1. The molecule has 0 aromatic heterocycles. The molecule has 1 aliphatic heterocycles. The van der Waals surface area contributed by atoms with Crippen molar-refractivity contribution in [2.45, 2.75) is 44.9 Å². The van der Waals surface area contributed by atoms with E-state index in [0.29, 0.717) is 65.2 Å². The van der Waals surface area contributed by atoms with Gasteiger partial charge in [-0.15, -0.1) is 0 Å². The summed E-state index contributed by atoms with van der Waals surface area (Å²) in [6.07, 6.45) is 0.549. The maximum atomic E-state index is 13.5. The normalized spacial score (nSPS) is 21.5. The van der Waals surface area contributed by atoms with Gasteiger partial charge >= 0.3 is 0 Å². The lowest BCUT2D eigenvalue weighted by atomic mass is 9.87. The van der Waals surface area contributed by atoms with E-state index in [1.807, 2.05) is 36.4 Å². The van der Waals surface area contributed by atoms with Gasteiger partial charge in [0.2, 0.25) is 11.8 Å². The Morgan fingerprint density at radius 1 is 1.30 bits per heavy atom. The first-order valence-electron chi connectivity index (χ1n) is 13.5. The Hall–Kier alpha value is -2.26. The highest BCUT2D eigenvalue weighted by Gasteiger charge is 2.41. The Balaban J connectivity index is 1.96. The maximum Gasteiger partial charge on any atom is 0.247 e. The summed E-state index contributed by atoms with van der Waals surface area (Å²) in [5.41, 5.74) is 0.754. The van der Waals surface area contributed by atoms with Gasteiger partial charge in [0.05, 0.1) is 36.5 Å². The molecule has 0 spiro atoms. The molecular weight excluding hydrogens is 633 g/mol. The molecule has 12 heteroatoms. The lowest BCUT2D eigenvalue weighted by molar-refractivity contribution is -0.139. The Morgan fingerprint density at radius 3 is 2.65 bits per heavy atom. The number of nitrogens with one attached hydrogen (secondary N) is 1. The van der Waals surface area contributed by atoms with Crippen LogP contribution in [-0.4, -0.2) is 116 Å². The Labute approximate surface area is 249 Å². The largest absolute Gasteiger partial charge is 0.493 e. The molecule has 3 rings (SSSR count). The van der Waals surface area contributed by atoms with Crippen molar-refractivity contribution in [3.05, 3.63) is 32.9 Å². The number of amides is 2. The molecule has 1 aromatic rings. The van der Waals surface area contributed by atoms with E-state index in [4.69, 9.17) is 14.2 Å². The molecule has 2 amide bonds. The zero-order chi connectivity index (χ0) is 29.2. The molecule has 3 N–H and O–H groups in total. The molecule has 11 nitrogen and oxygen atoms in total. The van der Waals surface area contributed by atoms with E-state index >= 15 is 0 Å². The summed E-state index contributed by atoms with van der Waals surface area (Å²) in [5, 5.41) is 23.5. The standard InChI is InChI=1S/C28H40IN3O8/c1-18(2)12-25(35)32(6-5-31-7-10-39-11-8-31)22-15-20(28(37)30-4-9-33)16-23(26(22)36)40-27-21(29)13-19(17-34)14-24(27)38-3/h13-14,16-18,22-23,26,33,36H,4-12,15H2,1-3H3,(H,30,37)/t22-,23+,26+/m1/s1. The molecule has 0 saturated carbocycles. The van der Waals surface area contributed by atoms with Gasteiger partial charge in [0.1, 0.15) is 18.5 Å². The number of morpholine rings is 1. The van der Waals surface area contributed by atoms with E-state index in [1.54, 1.807) is 17.0 Å². The molecule has 1 heterocycles. The van der Waals surface area contributed by atoms with Crippen LogP contribution >= 0.6 is 22.6 Å². The van der Waals surface area contributed by atoms with Gasteiger partial charge in [0.25, 0.3) is 0 Å². The number of ether oxygens (including phenoxy) is 3. The van der Waals surface area contributed by atoms with Gasteiger partial charge in [-0.05, 0) is 46.7 Å². The topological polar surface area (TPSA) is 138 Å². The van der Waals surface area contributed by atoms with Crippen LogP contribution in [0.4, 0.5) is 0 Å². The van der Waals surface area contributed by atoms with Crippen molar-refractivity contribution in [2.24, 2.45) is 5.92 Å². The molecule has 0 bridgehead atoms. The molecule has 222 valence electrons.